The molecule has 204 valence electrons. The summed E-state index contributed by atoms with van der Waals surface area (Å²) in [6.45, 7) is 8.29. The van der Waals surface area contributed by atoms with E-state index in [-0.39, 0.29) is 13.0 Å². The molecule has 2 bridgehead atoms. The number of esters is 3. The number of cyclic esters (lactones) is 1. The van der Waals surface area contributed by atoms with E-state index in [0.717, 1.165) is 5.57 Å². The quantitative estimate of drug-likeness (QED) is 0.347. The standard InChI is InChI=1S/C29H34O9/c1-15-11-12-27-20(15)29(34,24(33)38-25(27,3)4)26(5)18(31)13-19-28(14-35-19,37-16(2)30)21(26)22(27)36-23(32)17-9-7-6-8-10-17/h6-10,18-19,21-22,31,34H,11-14H2,1-5H3/t18-,19+,21-,22-,26+,27+,28-,29-/m0/s1. The Morgan fingerprint density at radius 1 is 1.13 bits per heavy atom. The largest absolute Gasteiger partial charge is 0.457 e. The fourth-order valence-electron chi connectivity index (χ4n) is 8.62. The highest BCUT2D eigenvalue weighted by Gasteiger charge is 2.87. The van der Waals surface area contributed by atoms with Crippen molar-refractivity contribution in [2.45, 2.75) is 89.0 Å². The molecule has 1 aromatic carbocycles. The molecular weight excluding hydrogens is 492 g/mol. The van der Waals surface area contributed by atoms with Gasteiger partial charge >= 0.3 is 17.9 Å². The van der Waals surface area contributed by atoms with Crippen molar-refractivity contribution < 1.29 is 43.5 Å². The van der Waals surface area contributed by atoms with Crippen molar-refractivity contribution in [2.75, 3.05) is 6.61 Å². The summed E-state index contributed by atoms with van der Waals surface area (Å²) in [6, 6.07) is 8.55. The molecular formula is C29H34O9. The second-order valence-electron chi connectivity index (χ2n) is 12.3. The molecule has 4 fully saturated rings. The highest BCUT2D eigenvalue weighted by atomic mass is 16.6. The van der Waals surface area contributed by atoms with Crippen LogP contribution in [-0.2, 0) is 28.5 Å². The Hall–Kier alpha value is -2.75. The lowest BCUT2D eigenvalue weighted by Gasteiger charge is -2.74. The number of fused-ring (bicyclic) bond motifs is 4. The van der Waals surface area contributed by atoms with Gasteiger partial charge in [-0.1, -0.05) is 30.7 Å². The van der Waals surface area contributed by atoms with Crippen LogP contribution in [0.15, 0.2) is 41.5 Å². The van der Waals surface area contributed by atoms with Gasteiger partial charge in [-0.05, 0) is 51.3 Å². The van der Waals surface area contributed by atoms with Crippen LogP contribution in [0.2, 0.25) is 0 Å². The van der Waals surface area contributed by atoms with Gasteiger partial charge in [0.15, 0.2) is 11.2 Å². The number of carbonyl (C=O) groups is 3. The minimum atomic E-state index is -2.23. The van der Waals surface area contributed by atoms with E-state index >= 15 is 0 Å². The Morgan fingerprint density at radius 2 is 1.82 bits per heavy atom. The highest BCUT2D eigenvalue weighted by Crippen LogP contribution is 2.75. The molecule has 2 saturated heterocycles. The first-order chi connectivity index (χ1) is 17.8. The fourth-order valence-corrected chi connectivity index (χ4v) is 8.62. The van der Waals surface area contributed by atoms with Crippen LogP contribution in [0.3, 0.4) is 0 Å². The maximum atomic E-state index is 13.9. The van der Waals surface area contributed by atoms with Gasteiger partial charge < -0.3 is 29.2 Å². The van der Waals surface area contributed by atoms with Crippen LogP contribution in [0.4, 0.5) is 0 Å². The number of allylic oxidation sites excluding steroid dienone is 1. The molecule has 2 saturated carbocycles. The van der Waals surface area contributed by atoms with Gasteiger partial charge in [0.1, 0.15) is 17.8 Å². The summed E-state index contributed by atoms with van der Waals surface area (Å²) in [5.41, 5.74) is -5.90. The van der Waals surface area contributed by atoms with Gasteiger partial charge in [0.25, 0.3) is 0 Å². The Labute approximate surface area is 221 Å². The van der Waals surface area contributed by atoms with Crippen LogP contribution in [0.5, 0.6) is 0 Å². The second-order valence-corrected chi connectivity index (χ2v) is 12.3. The van der Waals surface area contributed by atoms with Gasteiger partial charge in [0.05, 0.1) is 29.6 Å². The zero-order chi connectivity index (χ0) is 27.5. The Balaban J connectivity index is 1.65. The molecule has 5 aliphatic rings. The van der Waals surface area contributed by atoms with E-state index in [0.29, 0.717) is 24.0 Å². The normalized spacial score (nSPS) is 44.1. The summed E-state index contributed by atoms with van der Waals surface area (Å²) < 4.78 is 24.3. The van der Waals surface area contributed by atoms with Crippen molar-refractivity contribution in [3.8, 4) is 0 Å². The van der Waals surface area contributed by atoms with Crippen LogP contribution in [0.25, 0.3) is 0 Å². The Morgan fingerprint density at radius 3 is 2.42 bits per heavy atom. The van der Waals surface area contributed by atoms with E-state index in [1.807, 2.05) is 6.92 Å². The van der Waals surface area contributed by atoms with Gasteiger partial charge in [-0.25, -0.2) is 9.59 Å². The molecule has 0 unspecified atom stereocenters. The molecule has 38 heavy (non-hydrogen) atoms. The van der Waals surface area contributed by atoms with Gasteiger partial charge in [-0.15, -0.1) is 0 Å². The van der Waals surface area contributed by atoms with Crippen molar-refractivity contribution in [1.29, 1.82) is 0 Å². The van der Waals surface area contributed by atoms with Crippen molar-refractivity contribution >= 4 is 17.9 Å². The first-order valence-electron chi connectivity index (χ1n) is 13.2. The molecule has 9 nitrogen and oxygen atoms in total. The molecule has 1 aromatic rings. The highest BCUT2D eigenvalue weighted by molar-refractivity contribution is 5.91. The maximum absolute atomic E-state index is 13.9. The van der Waals surface area contributed by atoms with E-state index in [4.69, 9.17) is 18.9 Å². The van der Waals surface area contributed by atoms with E-state index in [9.17, 15) is 24.6 Å². The lowest BCUT2D eigenvalue weighted by Crippen LogP contribution is -2.87. The SMILES string of the molecule is CC(=O)O[C@@]12CO[C@@H]1C[C@H](O)[C@]1(C)[C@@H]2[C@H](OC(=O)c2ccccc2)[C@@]23CCC(C)=C2[C@]1(O)C(=O)OC3(C)C. The predicted molar refractivity (Wildman–Crippen MR) is 132 cm³/mol. The molecule has 0 amide bonds. The van der Waals surface area contributed by atoms with Crippen LogP contribution in [-0.4, -0.2) is 69.8 Å². The zero-order valence-electron chi connectivity index (χ0n) is 22.3. The van der Waals surface area contributed by atoms with Gasteiger partial charge in [0, 0.05) is 18.8 Å². The number of ether oxygens (including phenoxy) is 4. The Kier molecular flexibility index (Phi) is 5.15. The third kappa shape index (κ3) is 2.70. The van der Waals surface area contributed by atoms with E-state index in [2.05, 4.69) is 0 Å². The summed E-state index contributed by atoms with van der Waals surface area (Å²) in [6.07, 6.45) is -1.96. The first-order valence-corrected chi connectivity index (χ1v) is 13.2. The number of rotatable bonds is 3. The molecule has 8 atom stereocenters. The molecule has 2 aliphatic heterocycles. The first kappa shape index (κ1) is 25.5. The molecule has 0 spiro atoms. The summed E-state index contributed by atoms with van der Waals surface area (Å²) in [5, 5.41) is 24.3. The average Bonchev–Trinajstić information content (AvgIpc) is 3.22. The summed E-state index contributed by atoms with van der Waals surface area (Å²) in [7, 11) is 0. The lowest BCUT2D eigenvalue weighted by molar-refractivity contribution is -0.380. The topological polar surface area (TPSA) is 129 Å². The maximum Gasteiger partial charge on any atom is 0.343 e. The smallest absolute Gasteiger partial charge is 0.343 e. The molecule has 2 N–H and O–H groups in total. The number of aliphatic hydroxyl groups is 2. The lowest BCUT2D eigenvalue weighted by atomic mass is 9.37. The molecule has 0 radical (unpaired) electrons. The number of carbonyl (C=O) groups excluding carboxylic acids is 3. The predicted octanol–water partition coefficient (Wildman–Crippen LogP) is 2.48. The van der Waals surface area contributed by atoms with Gasteiger partial charge in [-0.3, -0.25) is 4.79 Å². The van der Waals surface area contributed by atoms with Crippen molar-refractivity contribution in [2.24, 2.45) is 16.7 Å². The third-order valence-electron chi connectivity index (χ3n) is 10.3. The van der Waals surface area contributed by atoms with Gasteiger partial charge in [-0.2, -0.15) is 0 Å². The van der Waals surface area contributed by atoms with E-state index < -0.39 is 69.8 Å². The van der Waals surface area contributed by atoms with Crippen molar-refractivity contribution in [3.63, 3.8) is 0 Å². The van der Waals surface area contributed by atoms with Gasteiger partial charge in [0.2, 0.25) is 0 Å². The summed E-state index contributed by atoms with van der Waals surface area (Å²) >= 11 is 0. The summed E-state index contributed by atoms with van der Waals surface area (Å²) in [5.74, 6) is -2.99. The molecule has 2 heterocycles. The zero-order valence-corrected chi connectivity index (χ0v) is 22.3. The number of hydrogen-bond donors (Lipinski definition) is 2. The summed E-state index contributed by atoms with van der Waals surface area (Å²) in [4.78, 5) is 40.0. The monoisotopic (exact) mass is 526 g/mol. The van der Waals surface area contributed by atoms with E-state index in [1.165, 1.54) is 6.92 Å². The number of hydrogen-bond acceptors (Lipinski definition) is 9. The van der Waals surface area contributed by atoms with Crippen molar-refractivity contribution in [1.82, 2.24) is 0 Å². The molecule has 9 heteroatoms. The fraction of sp³-hybridized carbons (Fsp3) is 0.621. The number of aliphatic hydroxyl groups excluding tert-OH is 1. The molecule has 6 rings (SSSR count). The minimum Gasteiger partial charge on any atom is -0.457 e. The average molecular weight is 527 g/mol. The van der Waals surface area contributed by atoms with Crippen molar-refractivity contribution in [3.05, 3.63) is 47.0 Å². The third-order valence-corrected chi connectivity index (χ3v) is 10.3. The van der Waals surface area contributed by atoms with Crippen LogP contribution >= 0.6 is 0 Å². The molecule has 0 aromatic heterocycles. The van der Waals surface area contributed by atoms with E-state index in [1.54, 1.807) is 51.1 Å². The second kappa shape index (κ2) is 7.67. The minimum absolute atomic E-state index is 0.0106. The van der Waals surface area contributed by atoms with Crippen LogP contribution in [0, 0.1) is 16.7 Å². The molecule has 3 aliphatic carbocycles. The number of benzene rings is 1. The Bertz CT molecular complexity index is 1270. The van der Waals surface area contributed by atoms with Crippen LogP contribution < -0.4 is 0 Å². The van der Waals surface area contributed by atoms with Crippen LogP contribution in [0.1, 0.15) is 64.2 Å².